The Labute approximate surface area is 452 Å². The number of carboxylic acid groups (broad SMARTS) is 1. The normalized spacial score (nSPS) is 20.4. The second-order valence-electron chi connectivity index (χ2n) is 21.4. The van der Waals surface area contributed by atoms with E-state index in [9.17, 15) is 29.4 Å². The number of carboxylic acids is 1. The number of aliphatic hydroxyl groups is 2. The van der Waals surface area contributed by atoms with Crippen LogP contribution in [0.2, 0.25) is 0 Å². The van der Waals surface area contributed by atoms with Crippen molar-refractivity contribution in [2.45, 2.75) is 78.4 Å². The molecule has 0 unspecified atom stereocenters. The summed E-state index contributed by atoms with van der Waals surface area (Å²) in [5, 5.41) is 37.6. The number of benzene rings is 2. The number of morpholine rings is 2. The summed E-state index contributed by atoms with van der Waals surface area (Å²) >= 11 is 0. The van der Waals surface area contributed by atoms with Crippen LogP contribution in [0.4, 0.5) is 32.6 Å². The first-order valence-corrected chi connectivity index (χ1v) is 26.6. The number of carbonyl (C=O) groups excluding carboxylic acids is 3. The summed E-state index contributed by atoms with van der Waals surface area (Å²) in [6.07, 6.45) is 4.26. The van der Waals surface area contributed by atoms with Crippen molar-refractivity contribution in [1.29, 1.82) is 0 Å². The van der Waals surface area contributed by atoms with Gasteiger partial charge in [0.25, 0.3) is 5.91 Å². The molecule has 412 valence electrons. The molecule has 0 bridgehead atoms. The number of nitrogens with one attached hydrogen (secondary N) is 3. The predicted molar refractivity (Wildman–Crippen MR) is 297 cm³/mol. The zero-order valence-corrected chi connectivity index (χ0v) is 45.7. The van der Waals surface area contributed by atoms with E-state index in [0.717, 1.165) is 110 Å². The van der Waals surface area contributed by atoms with Crippen LogP contribution >= 0.6 is 12.4 Å². The fourth-order valence-electron chi connectivity index (χ4n) is 10.2. The topological polar surface area (TPSA) is 225 Å². The van der Waals surface area contributed by atoms with E-state index in [-0.39, 0.29) is 41.7 Å². The van der Waals surface area contributed by atoms with Crippen LogP contribution in [0.1, 0.15) is 85.5 Å². The number of nitrogens with zero attached hydrogens (tertiary/aromatic N) is 7. The molecule has 10 rings (SSSR count). The molecule has 2 atom stereocenters. The molecule has 19 nitrogen and oxygen atoms in total. The molecule has 6 fully saturated rings. The number of likely N-dealkylation sites (tertiary alicyclic amines) is 3. The maximum Gasteiger partial charge on any atom is 0.354 e. The van der Waals surface area contributed by atoms with Gasteiger partial charge in [-0.05, 0) is 134 Å². The highest BCUT2D eigenvalue weighted by molar-refractivity contribution is 5.96. The van der Waals surface area contributed by atoms with E-state index in [1.54, 1.807) is 17.9 Å². The van der Waals surface area contributed by atoms with Gasteiger partial charge < -0.3 is 65.2 Å². The monoisotopic (exact) mass is 1070 g/mol. The van der Waals surface area contributed by atoms with Crippen LogP contribution < -0.4 is 25.8 Å². The third-order valence-corrected chi connectivity index (χ3v) is 15.0. The van der Waals surface area contributed by atoms with Crippen LogP contribution in [0.3, 0.4) is 0 Å². The lowest BCUT2D eigenvalue weighted by molar-refractivity contribution is -0.0670. The number of aromatic nitrogens is 2. The Morgan fingerprint density at radius 3 is 1.42 bits per heavy atom. The van der Waals surface area contributed by atoms with Gasteiger partial charge in [-0.2, -0.15) is 0 Å². The van der Waals surface area contributed by atoms with Crippen molar-refractivity contribution in [3.63, 3.8) is 0 Å². The van der Waals surface area contributed by atoms with Crippen molar-refractivity contribution >= 4 is 59.4 Å². The molecule has 0 saturated carbocycles. The number of aromatic carboxylic acids is 1. The molecule has 6 saturated heterocycles. The molecule has 76 heavy (non-hydrogen) atoms. The lowest BCUT2D eigenvalue weighted by Crippen LogP contribution is -2.61. The van der Waals surface area contributed by atoms with Crippen LogP contribution in [-0.4, -0.2) is 180 Å². The average molecular weight is 1070 g/mol. The van der Waals surface area contributed by atoms with E-state index in [0.29, 0.717) is 94.7 Å². The predicted octanol–water partition coefficient (Wildman–Crippen LogP) is 6.98. The molecule has 5 amide bonds. The van der Waals surface area contributed by atoms with Crippen LogP contribution in [0, 0.1) is 25.7 Å². The maximum absolute atomic E-state index is 13.3. The first kappa shape index (κ1) is 57.6. The van der Waals surface area contributed by atoms with E-state index < -0.39 is 11.6 Å². The Morgan fingerprint density at radius 2 is 1.05 bits per heavy atom. The maximum atomic E-state index is 13.3. The highest BCUT2D eigenvalue weighted by Gasteiger charge is 2.40. The number of halogens is 1. The standard InChI is InChI=1S/C28H37N5O4.C24H30N4O4.C4H9NO.ClH/c1-4-20-7-8-32(16-20)27(35)29-22-6-5-19(2)23(15-22)21-13-24(26(34)33-17-28(3,36)18-33)30-25(14-21)31-9-11-37-12-10-31;1-3-17-6-7-28(15-17)24(31)25-19-5-4-16(2)20(14-19)18-12-21(23(29)30)26-22(13-18)27-8-10-32-11-9-27;1-4(6)2-5-3-4;/h5-6,13-15,20,36H,4,7-12,16-18H2,1-3H3,(H,29,35);4-5,12-14,17H,3,6-11,15H2,1-2H3,(H,25,31)(H,29,30);5-6H,2-3H2,1H3;1H/t20-;17-;;/m11../s1. The summed E-state index contributed by atoms with van der Waals surface area (Å²) in [5.74, 6) is 1.24. The Kier molecular flexibility index (Phi) is 19.2. The molecule has 8 heterocycles. The first-order valence-electron chi connectivity index (χ1n) is 26.6. The zero-order chi connectivity index (χ0) is 53.4. The third-order valence-electron chi connectivity index (χ3n) is 15.0. The molecule has 0 spiro atoms. The Morgan fingerprint density at radius 1 is 0.632 bits per heavy atom. The Bertz CT molecular complexity index is 2680. The molecule has 20 heteroatoms. The van der Waals surface area contributed by atoms with Crippen LogP contribution in [0.15, 0.2) is 60.7 Å². The fraction of sp³-hybridized carbons (Fsp3) is 0.536. The van der Waals surface area contributed by atoms with Crippen molar-refractivity contribution in [3.05, 3.63) is 83.2 Å². The number of ether oxygens (including phenoxy) is 2. The van der Waals surface area contributed by atoms with Crippen molar-refractivity contribution < 1.29 is 44.0 Å². The van der Waals surface area contributed by atoms with Gasteiger partial charge in [0.1, 0.15) is 17.3 Å². The third kappa shape index (κ3) is 14.7. The quantitative estimate of drug-likeness (QED) is 0.0943. The molecular weight excluding hydrogens is 992 g/mol. The number of hydrogen-bond donors (Lipinski definition) is 6. The molecule has 6 N–H and O–H groups in total. The lowest BCUT2D eigenvalue weighted by atomic mass is 9.95. The average Bonchev–Trinajstić information content (AvgIpc) is 4.11. The van der Waals surface area contributed by atoms with E-state index in [2.05, 4.69) is 39.7 Å². The fourth-order valence-corrected chi connectivity index (χ4v) is 10.2. The van der Waals surface area contributed by atoms with Gasteiger partial charge in [0.05, 0.1) is 50.7 Å². The van der Waals surface area contributed by atoms with Crippen LogP contribution in [0.5, 0.6) is 0 Å². The number of pyridine rings is 2. The van der Waals surface area contributed by atoms with Gasteiger partial charge in [0.2, 0.25) is 0 Å². The van der Waals surface area contributed by atoms with E-state index in [4.69, 9.17) is 19.6 Å². The highest BCUT2D eigenvalue weighted by atomic mass is 35.5. The summed E-state index contributed by atoms with van der Waals surface area (Å²) < 4.78 is 10.9. The van der Waals surface area contributed by atoms with E-state index in [1.165, 1.54) is 0 Å². The largest absolute Gasteiger partial charge is 0.477 e. The molecule has 4 aromatic rings. The number of aryl methyl sites for hydroxylation is 2. The number of hydrogen-bond acceptors (Lipinski definition) is 13. The molecule has 6 aliphatic rings. The molecule has 6 aliphatic heterocycles. The Balaban J connectivity index is 0.000000198. The van der Waals surface area contributed by atoms with Crippen molar-refractivity contribution in [2.24, 2.45) is 11.8 Å². The van der Waals surface area contributed by atoms with Gasteiger partial charge in [0, 0.05) is 76.8 Å². The summed E-state index contributed by atoms with van der Waals surface area (Å²) in [5.41, 5.74) is 6.00. The smallest absolute Gasteiger partial charge is 0.354 e. The summed E-state index contributed by atoms with van der Waals surface area (Å²) in [6.45, 7) is 22.2. The lowest BCUT2D eigenvalue weighted by Gasteiger charge is -2.44. The summed E-state index contributed by atoms with van der Waals surface area (Å²) in [4.78, 5) is 69.2. The van der Waals surface area contributed by atoms with E-state index in [1.807, 2.05) is 90.1 Å². The number of β-amino-alcohol motifs (C(OH)–C–C–N with tert-alkyl or cyclic N) is 2. The van der Waals surface area contributed by atoms with Crippen LogP contribution in [0.25, 0.3) is 22.3 Å². The van der Waals surface area contributed by atoms with Gasteiger partial charge in [-0.15, -0.1) is 12.4 Å². The van der Waals surface area contributed by atoms with Gasteiger partial charge in [-0.1, -0.05) is 38.8 Å². The SMILES string of the molecule is CC1(O)CNC1.CC[C@@H]1CCN(C(=O)Nc2ccc(C)c(-c3cc(C(=O)N4CC(C)(O)C4)nc(N4CCOCC4)c3)c2)C1.CC[C@@H]1CCN(C(=O)Nc2ccc(C)c(-c3cc(C(=O)O)nc(N4CCOCC4)c3)c2)C1.Cl. The molecule has 0 aliphatic carbocycles. The number of rotatable bonds is 10. The first-order chi connectivity index (χ1) is 35.9. The number of urea groups is 2. The van der Waals surface area contributed by atoms with E-state index >= 15 is 0 Å². The summed E-state index contributed by atoms with van der Waals surface area (Å²) in [6, 6.07) is 18.8. The number of amides is 5. The van der Waals surface area contributed by atoms with Crippen molar-refractivity contribution in [1.82, 2.24) is 30.0 Å². The summed E-state index contributed by atoms with van der Waals surface area (Å²) in [7, 11) is 0. The number of carbonyl (C=O) groups is 4. The van der Waals surface area contributed by atoms with Gasteiger partial charge in [-0.3, -0.25) is 4.79 Å². The second kappa shape index (κ2) is 25.4. The molecular formula is C56H77ClN10O9. The highest BCUT2D eigenvalue weighted by Crippen LogP contribution is 2.34. The minimum Gasteiger partial charge on any atom is -0.477 e. The van der Waals surface area contributed by atoms with Crippen molar-refractivity contribution in [2.75, 3.05) is 125 Å². The van der Waals surface area contributed by atoms with Crippen LogP contribution in [-0.2, 0) is 9.47 Å². The molecule has 0 radical (unpaired) electrons. The zero-order valence-electron chi connectivity index (χ0n) is 44.9. The van der Waals surface area contributed by atoms with Crippen molar-refractivity contribution in [3.8, 4) is 22.3 Å². The van der Waals surface area contributed by atoms with Gasteiger partial charge in [-0.25, -0.2) is 24.4 Å². The minimum absolute atomic E-state index is 0. The van der Waals surface area contributed by atoms with Gasteiger partial charge >= 0.3 is 18.0 Å². The molecule has 2 aromatic carbocycles. The second-order valence-corrected chi connectivity index (χ2v) is 21.4. The minimum atomic E-state index is -1.07. The molecule has 2 aromatic heterocycles. The Hall–Kier alpha value is -6.09. The number of anilines is 4. The van der Waals surface area contributed by atoms with Gasteiger partial charge in [0.15, 0.2) is 5.69 Å².